The predicted molar refractivity (Wildman–Crippen MR) is 70.0 cm³/mol. The van der Waals surface area contributed by atoms with Crippen molar-refractivity contribution in [2.75, 3.05) is 13.1 Å². The van der Waals surface area contributed by atoms with Gasteiger partial charge < -0.3 is 9.52 Å². The summed E-state index contributed by atoms with van der Waals surface area (Å²) in [6.07, 6.45) is 8.52. The molecule has 18 heavy (non-hydrogen) atoms. The molecule has 100 valence electrons. The van der Waals surface area contributed by atoms with Gasteiger partial charge in [-0.1, -0.05) is 12.8 Å². The molecule has 1 spiro atoms. The van der Waals surface area contributed by atoms with Gasteiger partial charge in [-0.3, -0.25) is 4.90 Å². The van der Waals surface area contributed by atoms with Crippen molar-refractivity contribution in [3.05, 3.63) is 23.7 Å². The lowest BCUT2D eigenvalue weighted by molar-refractivity contribution is 0.0971. The zero-order valence-corrected chi connectivity index (χ0v) is 11.0. The van der Waals surface area contributed by atoms with Gasteiger partial charge in [-0.2, -0.15) is 0 Å². The van der Waals surface area contributed by atoms with Crippen LogP contribution in [0.4, 0.5) is 0 Å². The van der Waals surface area contributed by atoms with E-state index in [2.05, 4.69) is 4.90 Å². The second-order valence-electron chi connectivity index (χ2n) is 6.01. The summed E-state index contributed by atoms with van der Waals surface area (Å²) in [5.41, 5.74) is 0.690. The first-order valence-corrected chi connectivity index (χ1v) is 7.21. The summed E-state index contributed by atoms with van der Waals surface area (Å²) >= 11 is 0. The minimum atomic E-state index is 0.00309. The van der Waals surface area contributed by atoms with Crippen LogP contribution in [0.1, 0.15) is 50.0 Å². The number of likely N-dealkylation sites (tertiary alicyclic amines) is 1. The van der Waals surface area contributed by atoms with Gasteiger partial charge in [-0.15, -0.1) is 0 Å². The van der Waals surface area contributed by atoms with E-state index in [0.717, 1.165) is 12.3 Å². The van der Waals surface area contributed by atoms with Crippen LogP contribution < -0.4 is 0 Å². The van der Waals surface area contributed by atoms with Gasteiger partial charge >= 0.3 is 0 Å². The molecule has 0 unspecified atom stereocenters. The minimum Gasteiger partial charge on any atom is -0.462 e. The highest BCUT2D eigenvalue weighted by Crippen LogP contribution is 2.46. The van der Waals surface area contributed by atoms with E-state index in [0.29, 0.717) is 11.2 Å². The molecule has 0 atom stereocenters. The Balaban J connectivity index is 1.53. The van der Waals surface area contributed by atoms with Crippen molar-refractivity contribution in [2.45, 2.75) is 51.7 Å². The Bertz CT molecular complexity index is 383. The van der Waals surface area contributed by atoms with Crippen molar-refractivity contribution in [1.82, 2.24) is 4.90 Å². The lowest BCUT2D eigenvalue weighted by Crippen LogP contribution is -2.38. The summed E-state index contributed by atoms with van der Waals surface area (Å²) in [7, 11) is 0. The maximum atomic E-state index is 8.99. The molecule has 1 N–H and O–H groups in total. The van der Waals surface area contributed by atoms with Gasteiger partial charge in [0.2, 0.25) is 0 Å². The molecule has 2 fully saturated rings. The van der Waals surface area contributed by atoms with Crippen molar-refractivity contribution < 1.29 is 9.52 Å². The van der Waals surface area contributed by atoms with Crippen LogP contribution in [0.2, 0.25) is 0 Å². The number of piperidine rings is 1. The van der Waals surface area contributed by atoms with Crippen molar-refractivity contribution >= 4 is 0 Å². The van der Waals surface area contributed by atoms with E-state index >= 15 is 0 Å². The molecule has 2 heterocycles. The van der Waals surface area contributed by atoms with E-state index < -0.39 is 0 Å². The lowest BCUT2D eigenvalue weighted by atomic mass is 9.77. The standard InChI is InChI=1S/C15H23NO2/c17-12-14-4-3-13(18-14)11-16-9-7-15(8-10-16)5-1-2-6-15/h3-4,17H,1-2,5-12H2. The van der Waals surface area contributed by atoms with Gasteiger partial charge in [0.15, 0.2) is 0 Å². The summed E-state index contributed by atoms with van der Waals surface area (Å²) < 4.78 is 5.56. The maximum absolute atomic E-state index is 8.99. The summed E-state index contributed by atoms with van der Waals surface area (Å²) in [4.78, 5) is 2.49. The zero-order valence-electron chi connectivity index (χ0n) is 11.0. The molecule has 0 amide bonds. The Morgan fingerprint density at radius 3 is 2.33 bits per heavy atom. The average Bonchev–Trinajstić information content (AvgIpc) is 3.02. The molecule has 1 saturated carbocycles. The number of aliphatic hydroxyl groups is 1. The van der Waals surface area contributed by atoms with Gasteiger partial charge in [0, 0.05) is 0 Å². The molecule has 0 radical (unpaired) electrons. The van der Waals surface area contributed by atoms with Gasteiger partial charge in [0.05, 0.1) is 6.54 Å². The summed E-state index contributed by atoms with van der Waals surface area (Å²) in [6.45, 7) is 3.31. The Morgan fingerprint density at radius 1 is 1.06 bits per heavy atom. The van der Waals surface area contributed by atoms with Crippen molar-refractivity contribution in [1.29, 1.82) is 0 Å². The third-order valence-corrected chi connectivity index (χ3v) is 4.83. The molecule has 0 bridgehead atoms. The summed E-state index contributed by atoms with van der Waals surface area (Å²) in [5.74, 6) is 1.66. The number of nitrogens with zero attached hydrogens (tertiary/aromatic N) is 1. The van der Waals surface area contributed by atoms with Crippen LogP contribution in [0.5, 0.6) is 0 Å². The van der Waals surface area contributed by atoms with Crippen LogP contribution >= 0.6 is 0 Å². The minimum absolute atomic E-state index is 0.00309. The first-order chi connectivity index (χ1) is 8.80. The molecule has 1 aromatic rings. The number of hydrogen-bond donors (Lipinski definition) is 1. The topological polar surface area (TPSA) is 36.6 Å². The molecule has 3 heteroatoms. The fraction of sp³-hybridized carbons (Fsp3) is 0.733. The molecular weight excluding hydrogens is 226 g/mol. The monoisotopic (exact) mass is 249 g/mol. The molecule has 2 aliphatic rings. The van der Waals surface area contributed by atoms with Gasteiger partial charge in [0.1, 0.15) is 18.1 Å². The van der Waals surface area contributed by atoms with E-state index in [1.807, 2.05) is 12.1 Å². The quantitative estimate of drug-likeness (QED) is 0.894. The molecule has 1 saturated heterocycles. The third-order valence-electron chi connectivity index (χ3n) is 4.83. The Kier molecular flexibility index (Phi) is 3.44. The number of furan rings is 1. The first kappa shape index (κ1) is 12.2. The van der Waals surface area contributed by atoms with Gasteiger partial charge in [-0.25, -0.2) is 0 Å². The van der Waals surface area contributed by atoms with Gasteiger partial charge in [0.25, 0.3) is 0 Å². The number of hydrogen-bond acceptors (Lipinski definition) is 3. The van der Waals surface area contributed by atoms with Crippen LogP contribution in [0, 0.1) is 5.41 Å². The molecule has 1 aliphatic heterocycles. The van der Waals surface area contributed by atoms with Crippen LogP contribution in [-0.4, -0.2) is 23.1 Å². The lowest BCUT2D eigenvalue weighted by Gasteiger charge is -2.39. The molecule has 0 aromatic carbocycles. The Morgan fingerprint density at radius 2 is 1.72 bits per heavy atom. The predicted octanol–water partition coefficient (Wildman–Crippen LogP) is 2.93. The Labute approximate surface area is 109 Å². The van der Waals surface area contributed by atoms with E-state index in [1.165, 1.54) is 51.6 Å². The van der Waals surface area contributed by atoms with Crippen LogP contribution in [0.25, 0.3) is 0 Å². The third kappa shape index (κ3) is 2.47. The average molecular weight is 249 g/mol. The van der Waals surface area contributed by atoms with Crippen molar-refractivity contribution in [3.8, 4) is 0 Å². The van der Waals surface area contributed by atoms with Crippen LogP contribution in [0.3, 0.4) is 0 Å². The largest absolute Gasteiger partial charge is 0.462 e. The highest BCUT2D eigenvalue weighted by Gasteiger charge is 2.36. The van der Waals surface area contributed by atoms with Gasteiger partial charge in [-0.05, 0) is 56.3 Å². The van der Waals surface area contributed by atoms with Crippen molar-refractivity contribution in [3.63, 3.8) is 0 Å². The fourth-order valence-corrected chi connectivity index (χ4v) is 3.62. The molecular formula is C15H23NO2. The van der Waals surface area contributed by atoms with Crippen LogP contribution in [0.15, 0.2) is 16.5 Å². The smallest absolute Gasteiger partial charge is 0.129 e. The first-order valence-electron chi connectivity index (χ1n) is 7.21. The van der Waals surface area contributed by atoms with E-state index in [1.54, 1.807) is 0 Å². The molecule has 3 rings (SSSR count). The second-order valence-corrected chi connectivity index (χ2v) is 6.01. The van der Waals surface area contributed by atoms with E-state index in [9.17, 15) is 0 Å². The van der Waals surface area contributed by atoms with E-state index in [4.69, 9.17) is 9.52 Å². The second kappa shape index (κ2) is 5.06. The molecule has 1 aliphatic carbocycles. The number of rotatable bonds is 3. The number of aliphatic hydroxyl groups excluding tert-OH is 1. The van der Waals surface area contributed by atoms with E-state index in [-0.39, 0.29) is 6.61 Å². The highest BCUT2D eigenvalue weighted by atomic mass is 16.4. The molecule has 3 nitrogen and oxygen atoms in total. The normalized spacial score (nSPS) is 23.8. The summed E-state index contributed by atoms with van der Waals surface area (Å²) in [5, 5.41) is 8.99. The fourth-order valence-electron chi connectivity index (χ4n) is 3.62. The van der Waals surface area contributed by atoms with Crippen LogP contribution in [-0.2, 0) is 13.2 Å². The SMILES string of the molecule is OCc1ccc(CN2CCC3(CCCC3)CC2)o1. The summed E-state index contributed by atoms with van der Waals surface area (Å²) in [6, 6.07) is 3.86. The van der Waals surface area contributed by atoms with Crippen molar-refractivity contribution in [2.24, 2.45) is 5.41 Å². The highest BCUT2D eigenvalue weighted by molar-refractivity contribution is 5.06. The maximum Gasteiger partial charge on any atom is 0.129 e. The Hall–Kier alpha value is -0.800. The molecule has 1 aromatic heterocycles. The zero-order chi connectivity index (χ0) is 12.4.